The number of hydrogen-bond donors (Lipinski definition) is 3. The predicted octanol–water partition coefficient (Wildman–Crippen LogP) is 5.62. The molecular formula is C35H39NO8. The molecule has 4 aromatic carbocycles. The van der Waals surface area contributed by atoms with Crippen molar-refractivity contribution < 1.29 is 38.8 Å². The lowest BCUT2D eigenvalue weighted by Crippen LogP contribution is -2.49. The van der Waals surface area contributed by atoms with Crippen LogP contribution in [0.4, 0.5) is 0 Å². The molecule has 2 atom stereocenters. The van der Waals surface area contributed by atoms with Gasteiger partial charge in [0.25, 0.3) is 5.91 Å². The summed E-state index contributed by atoms with van der Waals surface area (Å²) in [5, 5.41) is 26.0. The lowest BCUT2D eigenvalue weighted by atomic mass is 10.0. The van der Waals surface area contributed by atoms with Crippen LogP contribution < -0.4 is 10.1 Å². The first-order valence-corrected chi connectivity index (χ1v) is 15.0. The van der Waals surface area contributed by atoms with Gasteiger partial charge in [-0.15, -0.1) is 0 Å². The molecular weight excluding hydrogens is 562 g/mol. The number of carbonyl (C=O) groups excluding carboxylic acids is 1. The van der Waals surface area contributed by atoms with E-state index in [-0.39, 0.29) is 13.2 Å². The molecule has 9 heteroatoms. The first-order valence-electron chi connectivity index (χ1n) is 15.0. The van der Waals surface area contributed by atoms with Gasteiger partial charge in [-0.25, -0.2) is 9.59 Å². The fourth-order valence-corrected chi connectivity index (χ4v) is 4.95. The topological polar surface area (TPSA) is 131 Å². The Kier molecular flexibility index (Phi) is 12.5. The number of aryl methyl sites for hydroxylation is 1. The zero-order valence-corrected chi connectivity index (χ0v) is 24.7. The standard InChI is InChI=1S/C35H39NO8/c37-31(38)24-44-33(35(40)41)32(43-21-8-1-2-10-25-15-16-26-11-3-5-13-28(26)22-25)34(39)36-19-7-9-20-42-30-18-17-27-12-4-6-14-29(27)23-30/h3-6,11-18,22-23,32-33H,1-2,7-10,19-21,24H2,(H,36,39)(H,37,38)(H,40,41). The van der Waals surface area contributed by atoms with Gasteiger partial charge in [0, 0.05) is 13.2 Å². The van der Waals surface area contributed by atoms with Gasteiger partial charge in [-0.3, -0.25) is 4.79 Å². The molecule has 232 valence electrons. The number of nitrogens with one attached hydrogen (secondary N) is 1. The van der Waals surface area contributed by atoms with Gasteiger partial charge in [-0.05, 0) is 71.3 Å². The van der Waals surface area contributed by atoms with Crippen molar-refractivity contribution in [3.63, 3.8) is 0 Å². The molecule has 0 heterocycles. The highest BCUT2D eigenvalue weighted by atomic mass is 16.6. The quantitative estimate of drug-likeness (QED) is 0.118. The van der Waals surface area contributed by atoms with Gasteiger partial charge in [0.05, 0.1) is 6.61 Å². The number of aliphatic carboxylic acids is 2. The summed E-state index contributed by atoms with van der Waals surface area (Å²) in [6.07, 6.45) is 1.22. The maximum Gasteiger partial charge on any atom is 0.336 e. The molecule has 0 radical (unpaired) electrons. The Bertz CT molecular complexity index is 1540. The summed E-state index contributed by atoms with van der Waals surface area (Å²) in [4.78, 5) is 35.9. The smallest absolute Gasteiger partial charge is 0.336 e. The summed E-state index contributed by atoms with van der Waals surface area (Å²) in [5.41, 5.74) is 1.23. The van der Waals surface area contributed by atoms with E-state index >= 15 is 0 Å². The molecule has 0 aliphatic carbocycles. The fourth-order valence-electron chi connectivity index (χ4n) is 4.95. The van der Waals surface area contributed by atoms with E-state index in [9.17, 15) is 19.5 Å². The van der Waals surface area contributed by atoms with Crippen LogP contribution in [-0.4, -0.2) is 66.6 Å². The number of carbonyl (C=O) groups is 3. The molecule has 0 saturated carbocycles. The minimum Gasteiger partial charge on any atom is -0.494 e. The van der Waals surface area contributed by atoms with Gasteiger partial charge >= 0.3 is 11.9 Å². The van der Waals surface area contributed by atoms with Crippen molar-refractivity contribution in [1.29, 1.82) is 0 Å². The third-order valence-corrected chi connectivity index (χ3v) is 7.24. The molecule has 0 bridgehead atoms. The van der Waals surface area contributed by atoms with E-state index in [0.29, 0.717) is 25.9 Å². The van der Waals surface area contributed by atoms with E-state index in [2.05, 4.69) is 35.6 Å². The van der Waals surface area contributed by atoms with Gasteiger partial charge in [-0.1, -0.05) is 79.2 Å². The van der Waals surface area contributed by atoms with E-state index in [4.69, 9.17) is 19.3 Å². The third-order valence-electron chi connectivity index (χ3n) is 7.24. The Morgan fingerprint density at radius 1 is 0.659 bits per heavy atom. The molecule has 9 nitrogen and oxygen atoms in total. The maximum absolute atomic E-state index is 13.0. The highest BCUT2D eigenvalue weighted by Crippen LogP contribution is 2.21. The number of amides is 1. The lowest BCUT2D eigenvalue weighted by Gasteiger charge is -2.23. The van der Waals surface area contributed by atoms with Crippen LogP contribution in [0, 0.1) is 0 Å². The van der Waals surface area contributed by atoms with Crippen LogP contribution in [-0.2, 0) is 30.3 Å². The Morgan fingerprint density at radius 3 is 2.02 bits per heavy atom. The summed E-state index contributed by atoms with van der Waals surface area (Å²) >= 11 is 0. The second-order valence-corrected chi connectivity index (χ2v) is 10.6. The molecule has 44 heavy (non-hydrogen) atoms. The number of carboxylic acid groups (broad SMARTS) is 2. The number of hydrogen-bond acceptors (Lipinski definition) is 6. The summed E-state index contributed by atoms with van der Waals surface area (Å²) in [5.74, 6) is -2.70. The normalized spacial score (nSPS) is 12.5. The minimum atomic E-state index is -1.75. The van der Waals surface area contributed by atoms with Crippen molar-refractivity contribution in [3.05, 3.63) is 90.5 Å². The number of fused-ring (bicyclic) bond motifs is 2. The van der Waals surface area contributed by atoms with Crippen molar-refractivity contribution >= 4 is 39.4 Å². The average Bonchev–Trinajstić information content (AvgIpc) is 3.02. The number of unbranched alkanes of at least 4 members (excludes halogenated alkanes) is 3. The van der Waals surface area contributed by atoms with Crippen LogP contribution in [0.5, 0.6) is 5.75 Å². The maximum atomic E-state index is 13.0. The first-order chi connectivity index (χ1) is 21.4. The van der Waals surface area contributed by atoms with Crippen LogP contribution in [0.15, 0.2) is 84.9 Å². The van der Waals surface area contributed by atoms with Crippen molar-refractivity contribution in [2.45, 2.75) is 50.7 Å². The zero-order valence-electron chi connectivity index (χ0n) is 24.7. The molecule has 4 rings (SSSR count). The van der Waals surface area contributed by atoms with Crippen molar-refractivity contribution in [2.24, 2.45) is 0 Å². The van der Waals surface area contributed by atoms with Crippen LogP contribution in [0.2, 0.25) is 0 Å². The van der Waals surface area contributed by atoms with Crippen LogP contribution >= 0.6 is 0 Å². The van der Waals surface area contributed by atoms with Gasteiger partial charge < -0.3 is 29.7 Å². The molecule has 0 aliphatic rings. The number of benzene rings is 4. The van der Waals surface area contributed by atoms with Crippen LogP contribution in [0.1, 0.15) is 37.7 Å². The molecule has 1 amide bonds. The highest BCUT2D eigenvalue weighted by Gasteiger charge is 2.36. The number of rotatable bonds is 19. The summed E-state index contributed by atoms with van der Waals surface area (Å²) < 4.78 is 16.6. The Balaban J connectivity index is 1.20. The van der Waals surface area contributed by atoms with E-state index < -0.39 is 36.7 Å². The van der Waals surface area contributed by atoms with Crippen molar-refractivity contribution in [2.75, 3.05) is 26.4 Å². The predicted molar refractivity (Wildman–Crippen MR) is 168 cm³/mol. The van der Waals surface area contributed by atoms with E-state index in [1.165, 1.54) is 16.3 Å². The minimum absolute atomic E-state index is 0.135. The first kappa shape index (κ1) is 32.4. The summed E-state index contributed by atoms with van der Waals surface area (Å²) in [6.45, 7) is 0.00120. The highest BCUT2D eigenvalue weighted by molar-refractivity contribution is 5.88. The van der Waals surface area contributed by atoms with Gasteiger partial charge in [0.2, 0.25) is 0 Å². The second-order valence-electron chi connectivity index (χ2n) is 10.6. The van der Waals surface area contributed by atoms with Crippen molar-refractivity contribution in [1.82, 2.24) is 5.32 Å². The van der Waals surface area contributed by atoms with Crippen LogP contribution in [0.3, 0.4) is 0 Å². The van der Waals surface area contributed by atoms with Crippen LogP contribution in [0.25, 0.3) is 21.5 Å². The second kappa shape index (κ2) is 17.0. The molecule has 4 aromatic rings. The molecule has 2 unspecified atom stereocenters. The molecule has 0 aromatic heterocycles. The van der Waals surface area contributed by atoms with Crippen molar-refractivity contribution in [3.8, 4) is 5.75 Å². The number of ether oxygens (including phenoxy) is 3. The molecule has 0 fully saturated rings. The average molecular weight is 602 g/mol. The van der Waals surface area contributed by atoms with Gasteiger partial charge in [0.1, 0.15) is 12.4 Å². The van der Waals surface area contributed by atoms with Gasteiger partial charge in [-0.2, -0.15) is 0 Å². The Labute approximate surface area is 256 Å². The largest absolute Gasteiger partial charge is 0.494 e. The fraction of sp³-hybridized carbons (Fsp3) is 0.343. The zero-order chi connectivity index (χ0) is 31.1. The SMILES string of the molecule is O=C(O)COC(C(=O)O)C(OCCCCCc1ccc2ccccc2c1)C(=O)NCCCCOc1ccc2ccccc2c1. The molecule has 3 N–H and O–H groups in total. The summed E-state index contributed by atoms with van der Waals surface area (Å²) in [6, 6.07) is 28.5. The van der Waals surface area contributed by atoms with E-state index in [1.54, 1.807) is 0 Å². The monoisotopic (exact) mass is 601 g/mol. The molecule has 0 spiro atoms. The summed E-state index contributed by atoms with van der Waals surface area (Å²) in [7, 11) is 0. The molecule has 0 saturated heterocycles. The Hall–Kier alpha value is -4.47. The number of carboxylic acids is 2. The lowest BCUT2D eigenvalue weighted by molar-refractivity contribution is -0.172. The Morgan fingerprint density at radius 2 is 1.32 bits per heavy atom. The van der Waals surface area contributed by atoms with E-state index in [1.807, 2.05) is 54.6 Å². The third kappa shape index (κ3) is 10.1. The molecule has 0 aliphatic heterocycles. The van der Waals surface area contributed by atoms with E-state index in [0.717, 1.165) is 35.8 Å². The van der Waals surface area contributed by atoms with Gasteiger partial charge in [0.15, 0.2) is 12.2 Å².